The molecule has 1 aromatic heterocycles. The van der Waals surface area contributed by atoms with Crippen molar-refractivity contribution in [3.63, 3.8) is 0 Å². The van der Waals surface area contributed by atoms with Gasteiger partial charge in [0.05, 0.1) is 6.20 Å². The fourth-order valence-electron chi connectivity index (χ4n) is 3.36. The minimum absolute atomic E-state index is 0.225. The first-order chi connectivity index (χ1) is 16.1. The Labute approximate surface area is 191 Å². The number of hydrogen-bond donors (Lipinski definition) is 2. The maximum atomic E-state index is 12.3. The van der Waals surface area contributed by atoms with Gasteiger partial charge in [0.25, 0.3) is 5.91 Å². The van der Waals surface area contributed by atoms with Gasteiger partial charge in [-0.15, -0.1) is 0 Å². The molecule has 33 heavy (non-hydrogen) atoms. The summed E-state index contributed by atoms with van der Waals surface area (Å²) >= 11 is 0. The number of benzene rings is 3. The SMILES string of the molecule is CC(Oc1ccc2ccccc2c1)C(=O)NNC(=O)CCCc1ncc(-c2ccccc2)o1. The van der Waals surface area contributed by atoms with Crippen molar-refractivity contribution in [2.75, 3.05) is 0 Å². The van der Waals surface area contributed by atoms with Gasteiger partial charge in [-0.1, -0.05) is 60.7 Å². The summed E-state index contributed by atoms with van der Waals surface area (Å²) in [5.41, 5.74) is 5.79. The monoisotopic (exact) mass is 443 g/mol. The molecule has 0 fully saturated rings. The van der Waals surface area contributed by atoms with E-state index in [2.05, 4.69) is 15.8 Å². The molecule has 0 aliphatic rings. The first kappa shape index (κ1) is 22.1. The summed E-state index contributed by atoms with van der Waals surface area (Å²) in [6, 6.07) is 23.2. The van der Waals surface area contributed by atoms with Gasteiger partial charge in [-0.25, -0.2) is 4.98 Å². The Morgan fingerprint density at radius 1 is 0.970 bits per heavy atom. The topological polar surface area (TPSA) is 93.5 Å². The lowest BCUT2D eigenvalue weighted by Crippen LogP contribution is -2.47. The van der Waals surface area contributed by atoms with Gasteiger partial charge in [0.1, 0.15) is 5.75 Å². The molecule has 0 spiro atoms. The van der Waals surface area contributed by atoms with Crippen LogP contribution in [0, 0.1) is 0 Å². The van der Waals surface area contributed by atoms with Crippen molar-refractivity contribution in [3.8, 4) is 17.1 Å². The molecule has 1 heterocycles. The zero-order valence-corrected chi connectivity index (χ0v) is 18.3. The highest BCUT2D eigenvalue weighted by atomic mass is 16.5. The maximum absolute atomic E-state index is 12.3. The van der Waals surface area contributed by atoms with Gasteiger partial charge in [-0.05, 0) is 36.2 Å². The number of carbonyl (C=O) groups is 2. The molecule has 0 bridgehead atoms. The molecule has 0 aliphatic carbocycles. The van der Waals surface area contributed by atoms with Crippen molar-refractivity contribution in [1.82, 2.24) is 15.8 Å². The van der Waals surface area contributed by atoms with Crippen molar-refractivity contribution >= 4 is 22.6 Å². The summed E-state index contributed by atoms with van der Waals surface area (Å²) in [7, 11) is 0. The predicted molar refractivity (Wildman–Crippen MR) is 125 cm³/mol. The van der Waals surface area contributed by atoms with Crippen molar-refractivity contribution < 1.29 is 18.7 Å². The van der Waals surface area contributed by atoms with E-state index in [1.165, 1.54) is 0 Å². The van der Waals surface area contributed by atoms with Gasteiger partial charge < -0.3 is 9.15 Å². The molecular formula is C26H25N3O4. The molecule has 1 unspecified atom stereocenters. The van der Waals surface area contributed by atoms with Gasteiger partial charge >= 0.3 is 0 Å². The molecule has 168 valence electrons. The number of carbonyl (C=O) groups excluding carboxylic acids is 2. The highest BCUT2D eigenvalue weighted by Crippen LogP contribution is 2.22. The number of oxazole rings is 1. The lowest BCUT2D eigenvalue weighted by atomic mass is 10.1. The van der Waals surface area contributed by atoms with Crippen LogP contribution in [0.25, 0.3) is 22.1 Å². The maximum Gasteiger partial charge on any atom is 0.279 e. The Morgan fingerprint density at radius 2 is 1.73 bits per heavy atom. The van der Waals surface area contributed by atoms with E-state index in [0.29, 0.717) is 30.2 Å². The molecule has 4 rings (SSSR count). The summed E-state index contributed by atoms with van der Waals surface area (Å²) in [5.74, 6) is 1.13. The largest absolute Gasteiger partial charge is 0.481 e. The quantitative estimate of drug-likeness (QED) is 0.393. The summed E-state index contributed by atoms with van der Waals surface area (Å²) in [6.07, 6.45) is 2.20. The van der Waals surface area contributed by atoms with E-state index < -0.39 is 12.0 Å². The van der Waals surface area contributed by atoms with Crippen LogP contribution in [-0.2, 0) is 16.0 Å². The fraction of sp³-hybridized carbons (Fsp3) is 0.192. The normalized spacial score (nSPS) is 11.7. The summed E-state index contributed by atoms with van der Waals surface area (Å²) in [6.45, 7) is 1.63. The molecule has 4 aromatic rings. The zero-order valence-electron chi connectivity index (χ0n) is 18.3. The number of aromatic nitrogens is 1. The number of nitrogens with one attached hydrogen (secondary N) is 2. The van der Waals surface area contributed by atoms with E-state index in [1.54, 1.807) is 13.1 Å². The molecule has 1 atom stereocenters. The van der Waals surface area contributed by atoms with Crippen LogP contribution in [0.2, 0.25) is 0 Å². The van der Waals surface area contributed by atoms with Gasteiger partial charge in [-0.2, -0.15) is 0 Å². The highest BCUT2D eigenvalue weighted by molar-refractivity contribution is 5.85. The number of hydrogen-bond acceptors (Lipinski definition) is 5. The molecule has 0 saturated carbocycles. The van der Waals surface area contributed by atoms with E-state index in [-0.39, 0.29) is 12.3 Å². The minimum atomic E-state index is -0.768. The minimum Gasteiger partial charge on any atom is -0.481 e. The number of aryl methyl sites for hydroxylation is 1. The highest BCUT2D eigenvalue weighted by Gasteiger charge is 2.16. The van der Waals surface area contributed by atoms with Crippen molar-refractivity contribution in [3.05, 3.63) is 84.9 Å². The number of amides is 2. The number of nitrogens with zero attached hydrogens (tertiary/aromatic N) is 1. The van der Waals surface area contributed by atoms with Gasteiger partial charge in [0.2, 0.25) is 5.91 Å². The number of hydrazine groups is 1. The number of ether oxygens (including phenoxy) is 1. The van der Waals surface area contributed by atoms with E-state index in [1.807, 2.05) is 72.8 Å². The third-order valence-corrected chi connectivity index (χ3v) is 5.13. The van der Waals surface area contributed by atoms with Crippen LogP contribution < -0.4 is 15.6 Å². The molecule has 0 radical (unpaired) electrons. The van der Waals surface area contributed by atoms with E-state index >= 15 is 0 Å². The van der Waals surface area contributed by atoms with Gasteiger partial charge in [0.15, 0.2) is 17.8 Å². The number of rotatable bonds is 8. The van der Waals surface area contributed by atoms with E-state index in [4.69, 9.17) is 9.15 Å². The fourth-order valence-corrected chi connectivity index (χ4v) is 3.36. The van der Waals surface area contributed by atoms with Crippen LogP contribution in [-0.4, -0.2) is 22.9 Å². The molecule has 0 saturated heterocycles. The Morgan fingerprint density at radius 3 is 2.55 bits per heavy atom. The number of fused-ring (bicyclic) bond motifs is 1. The summed E-state index contributed by atoms with van der Waals surface area (Å²) in [5, 5.41) is 2.12. The van der Waals surface area contributed by atoms with E-state index in [9.17, 15) is 9.59 Å². The zero-order chi connectivity index (χ0) is 23.0. The first-order valence-corrected chi connectivity index (χ1v) is 10.8. The Hall–Kier alpha value is -4.13. The second kappa shape index (κ2) is 10.5. The van der Waals surface area contributed by atoms with Crippen LogP contribution >= 0.6 is 0 Å². The first-order valence-electron chi connectivity index (χ1n) is 10.8. The molecular weight excluding hydrogens is 418 g/mol. The Balaban J connectivity index is 1.18. The molecule has 7 nitrogen and oxygen atoms in total. The van der Waals surface area contributed by atoms with Crippen molar-refractivity contribution in [2.45, 2.75) is 32.3 Å². The molecule has 3 aromatic carbocycles. The smallest absolute Gasteiger partial charge is 0.279 e. The third-order valence-electron chi connectivity index (χ3n) is 5.13. The predicted octanol–water partition coefficient (Wildman–Crippen LogP) is 4.43. The lowest BCUT2D eigenvalue weighted by molar-refractivity contribution is -0.132. The van der Waals surface area contributed by atoms with E-state index in [0.717, 1.165) is 16.3 Å². The average Bonchev–Trinajstić information content (AvgIpc) is 3.32. The molecule has 2 amide bonds. The van der Waals surface area contributed by atoms with Gasteiger partial charge in [-0.3, -0.25) is 20.4 Å². The van der Waals surface area contributed by atoms with Crippen molar-refractivity contribution in [2.24, 2.45) is 0 Å². The molecule has 0 aliphatic heterocycles. The Kier molecular flexibility index (Phi) is 6.99. The second-order valence-electron chi connectivity index (χ2n) is 7.64. The average molecular weight is 444 g/mol. The van der Waals surface area contributed by atoms with Crippen LogP contribution in [0.15, 0.2) is 83.4 Å². The van der Waals surface area contributed by atoms with Crippen LogP contribution in [0.3, 0.4) is 0 Å². The second-order valence-corrected chi connectivity index (χ2v) is 7.64. The Bertz CT molecular complexity index is 1240. The van der Waals surface area contributed by atoms with Crippen LogP contribution in [0.4, 0.5) is 0 Å². The molecule has 7 heteroatoms. The van der Waals surface area contributed by atoms with Crippen LogP contribution in [0.1, 0.15) is 25.7 Å². The lowest BCUT2D eigenvalue weighted by Gasteiger charge is -2.15. The standard InChI is InChI=1S/C26H25N3O4/c1-18(32-22-15-14-19-8-5-6-11-21(19)16-22)26(31)29-28-24(30)12-7-13-25-27-17-23(33-25)20-9-3-2-4-10-20/h2-6,8-11,14-18H,7,12-13H2,1H3,(H,28,30)(H,29,31). The van der Waals surface area contributed by atoms with Gasteiger partial charge in [0, 0.05) is 18.4 Å². The third kappa shape index (κ3) is 5.98. The van der Waals surface area contributed by atoms with Crippen molar-refractivity contribution in [1.29, 1.82) is 0 Å². The summed E-state index contributed by atoms with van der Waals surface area (Å²) < 4.78 is 11.4. The summed E-state index contributed by atoms with van der Waals surface area (Å²) in [4.78, 5) is 28.6. The molecule has 2 N–H and O–H groups in total. The van der Waals surface area contributed by atoms with Crippen LogP contribution in [0.5, 0.6) is 5.75 Å².